The molecule has 1 unspecified atom stereocenters. The van der Waals surface area contributed by atoms with E-state index in [0.717, 1.165) is 28.3 Å². The number of thiazole rings is 1. The van der Waals surface area contributed by atoms with Crippen molar-refractivity contribution in [1.82, 2.24) is 14.3 Å². The van der Waals surface area contributed by atoms with E-state index in [0.29, 0.717) is 17.8 Å². The van der Waals surface area contributed by atoms with E-state index in [1.165, 1.54) is 11.3 Å². The zero-order chi connectivity index (χ0) is 19.8. The number of fused-ring (bicyclic) bond motifs is 1. The Balaban J connectivity index is 1.29. The Morgan fingerprint density at radius 2 is 1.97 bits per heavy atom. The van der Waals surface area contributed by atoms with Crippen LogP contribution in [-0.2, 0) is 4.79 Å². The number of rotatable bonds is 4. The molecule has 1 N–H and O–H groups in total. The molecule has 0 radical (unpaired) electrons. The second kappa shape index (κ2) is 7.46. The van der Waals surface area contributed by atoms with Gasteiger partial charge in [-0.25, -0.2) is 4.98 Å². The fourth-order valence-corrected chi connectivity index (χ4v) is 5.02. The molecule has 1 aromatic carbocycles. The Hall–Kier alpha value is -2.97. The number of nitrogens with zero attached hydrogens (tertiary/aromatic N) is 3. The minimum atomic E-state index is -0.427. The molecule has 29 heavy (non-hydrogen) atoms. The monoisotopic (exact) mass is 422 g/mol. The second-order valence-corrected chi connectivity index (χ2v) is 8.74. The van der Waals surface area contributed by atoms with Crippen molar-refractivity contribution in [3.05, 3.63) is 64.4 Å². The smallest absolute Gasteiger partial charge is 0.264 e. The van der Waals surface area contributed by atoms with E-state index in [4.69, 9.17) is 0 Å². The molecule has 0 saturated carbocycles. The zero-order valence-electron chi connectivity index (χ0n) is 15.4. The molecule has 4 heterocycles. The highest BCUT2D eigenvalue weighted by Gasteiger charge is 2.34. The van der Waals surface area contributed by atoms with Crippen LogP contribution in [0, 0.1) is 0 Å². The summed E-state index contributed by atoms with van der Waals surface area (Å²) in [6.07, 6.45) is 5.50. The van der Waals surface area contributed by atoms with Crippen molar-refractivity contribution in [2.75, 3.05) is 11.9 Å². The van der Waals surface area contributed by atoms with Crippen LogP contribution in [0.3, 0.4) is 0 Å². The topological polar surface area (TPSA) is 66.7 Å². The normalized spacial score (nSPS) is 16.4. The number of amides is 2. The second-order valence-electron chi connectivity index (χ2n) is 6.92. The number of aromatic nitrogens is 2. The third-order valence-electron chi connectivity index (χ3n) is 5.09. The molecule has 5 rings (SSSR count). The maximum absolute atomic E-state index is 12.8. The molecule has 0 bridgehead atoms. The van der Waals surface area contributed by atoms with Crippen LogP contribution >= 0.6 is 22.7 Å². The molecule has 0 spiro atoms. The molecule has 1 aliphatic rings. The predicted molar refractivity (Wildman–Crippen MR) is 116 cm³/mol. The molecule has 146 valence electrons. The minimum absolute atomic E-state index is 0.0623. The van der Waals surface area contributed by atoms with Gasteiger partial charge in [0.1, 0.15) is 6.04 Å². The molecule has 4 aromatic rings. The average Bonchev–Trinajstić information content (AvgIpc) is 3.52. The summed E-state index contributed by atoms with van der Waals surface area (Å²) < 4.78 is 2.00. The number of nitrogens with one attached hydrogen (secondary N) is 1. The van der Waals surface area contributed by atoms with Crippen molar-refractivity contribution in [3.8, 4) is 11.3 Å². The van der Waals surface area contributed by atoms with Crippen LogP contribution in [0.25, 0.3) is 16.2 Å². The maximum atomic E-state index is 12.8. The Bertz CT molecular complexity index is 1130. The number of benzene rings is 1. The van der Waals surface area contributed by atoms with Crippen LogP contribution in [0.2, 0.25) is 0 Å². The Morgan fingerprint density at radius 1 is 1.10 bits per heavy atom. The third-order valence-corrected chi connectivity index (χ3v) is 6.72. The number of thiophene rings is 1. The highest BCUT2D eigenvalue weighted by molar-refractivity contribution is 7.15. The number of anilines is 1. The molecule has 1 fully saturated rings. The Labute approximate surface area is 175 Å². The minimum Gasteiger partial charge on any atom is -0.326 e. The fraction of sp³-hybridized carbons (Fsp3) is 0.190. The van der Waals surface area contributed by atoms with Crippen LogP contribution in [0.5, 0.6) is 0 Å². The average molecular weight is 423 g/mol. The van der Waals surface area contributed by atoms with Crippen molar-refractivity contribution < 1.29 is 9.59 Å². The summed E-state index contributed by atoms with van der Waals surface area (Å²) in [7, 11) is 0. The summed E-state index contributed by atoms with van der Waals surface area (Å²) in [4.78, 5) is 33.4. The standard InChI is InChI=1S/C21H18N4O2S2/c26-19(17-3-1-9-25(17)20(27)18-4-2-11-28-18)22-15-7-5-14(6-8-15)16-13-24-10-12-29-21(24)23-16/h2,4-8,10-13,17H,1,3,9H2,(H,22,26). The molecule has 1 aliphatic heterocycles. The van der Waals surface area contributed by atoms with Gasteiger partial charge in [-0.3, -0.25) is 14.0 Å². The molecule has 0 aliphatic carbocycles. The molecule has 8 heteroatoms. The summed E-state index contributed by atoms with van der Waals surface area (Å²) in [5, 5.41) is 6.84. The Kier molecular flexibility index (Phi) is 4.65. The van der Waals surface area contributed by atoms with Gasteiger partial charge in [0, 0.05) is 35.6 Å². The van der Waals surface area contributed by atoms with E-state index in [1.807, 2.05) is 57.9 Å². The number of hydrogen-bond donors (Lipinski definition) is 1. The molecule has 2 amide bonds. The number of imidazole rings is 1. The highest BCUT2D eigenvalue weighted by Crippen LogP contribution is 2.25. The van der Waals surface area contributed by atoms with Gasteiger partial charge >= 0.3 is 0 Å². The van der Waals surface area contributed by atoms with Crippen LogP contribution in [0.1, 0.15) is 22.5 Å². The van der Waals surface area contributed by atoms with Crippen LogP contribution in [0.4, 0.5) is 5.69 Å². The van der Waals surface area contributed by atoms with Gasteiger partial charge in [-0.05, 0) is 36.4 Å². The zero-order valence-corrected chi connectivity index (χ0v) is 17.1. The van der Waals surface area contributed by atoms with Gasteiger partial charge in [-0.2, -0.15) is 0 Å². The van der Waals surface area contributed by atoms with E-state index < -0.39 is 6.04 Å². The molecule has 1 saturated heterocycles. The lowest BCUT2D eigenvalue weighted by Gasteiger charge is -2.23. The first-order valence-corrected chi connectivity index (χ1v) is 11.1. The largest absolute Gasteiger partial charge is 0.326 e. The summed E-state index contributed by atoms with van der Waals surface area (Å²) >= 11 is 3.00. The van der Waals surface area contributed by atoms with E-state index in [-0.39, 0.29) is 11.8 Å². The molecule has 6 nitrogen and oxygen atoms in total. The lowest BCUT2D eigenvalue weighted by atomic mass is 10.1. The molecular weight excluding hydrogens is 404 g/mol. The quantitative estimate of drug-likeness (QED) is 0.531. The van der Waals surface area contributed by atoms with Gasteiger partial charge in [-0.1, -0.05) is 18.2 Å². The Morgan fingerprint density at radius 3 is 2.72 bits per heavy atom. The van der Waals surface area contributed by atoms with Gasteiger partial charge in [-0.15, -0.1) is 22.7 Å². The van der Waals surface area contributed by atoms with E-state index in [2.05, 4.69) is 10.3 Å². The van der Waals surface area contributed by atoms with Crippen molar-refractivity contribution in [2.24, 2.45) is 0 Å². The SMILES string of the molecule is O=C(Nc1ccc(-c2cn3ccsc3n2)cc1)C1CCCN1C(=O)c1cccs1. The molecule has 1 atom stereocenters. The lowest BCUT2D eigenvalue weighted by molar-refractivity contribution is -0.119. The van der Waals surface area contributed by atoms with Crippen molar-refractivity contribution in [2.45, 2.75) is 18.9 Å². The third kappa shape index (κ3) is 3.45. The highest BCUT2D eigenvalue weighted by atomic mass is 32.1. The van der Waals surface area contributed by atoms with Crippen molar-refractivity contribution in [1.29, 1.82) is 0 Å². The van der Waals surface area contributed by atoms with Crippen molar-refractivity contribution >= 4 is 45.1 Å². The first-order chi connectivity index (χ1) is 14.2. The summed E-state index contributed by atoms with van der Waals surface area (Å²) in [6, 6.07) is 10.9. The lowest BCUT2D eigenvalue weighted by Crippen LogP contribution is -2.42. The van der Waals surface area contributed by atoms with Crippen LogP contribution < -0.4 is 5.32 Å². The predicted octanol–water partition coefficient (Wildman–Crippen LogP) is 4.37. The van der Waals surface area contributed by atoms with Crippen LogP contribution in [0.15, 0.2) is 59.6 Å². The summed E-state index contributed by atoms with van der Waals surface area (Å²) in [5.74, 6) is -0.199. The van der Waals surface area contributed by atoms with Gasteiger partial charge in [0.25, 0.3) is 5.91 Å². The first-order valence-electron chi connectivity index (χ1n) is 9.37. The van der Waals surface area contributed by atoms with E-state index >= 15 is 0 Å². The molecule has 3 aromatic heterocycles. The number of likely N-dealkylation sites (tertiary alicyclic amines) is 1. The number of carbonyl (C=O) groups excluding carboxylic acids is 2. The van der Waals surface area contributed by atoms with Crippen molar-refractivity contribution in [3.63, 3.8) is 0 Å². The summed E-state index contributed by atoms with van der Waals surface area (Å²) in [5.41, 5.74) is 2.61. The van der Waals surface area contributed by atoms with Crippen LogP contribution in [-0.4, -0.2) is 38.7 Å². The summed E-state index contributed by atoms with van der Waals surface area (Å²) in [6.45, 7) is 0.616. The maximum Gasteiger partial charge on any atom is 0.264 e. The van der Waals surface area contributed by atoms with E-state index in [9.17, 15) is 9.59 Å². The fourth-order valence-electron chi connectivity index (χ4n) is 3.64. The number of carbonyl (C=O) groups is 2. The van der Waals surface area contributed by atoms with Gasteiger partial charge in [0.05, 0.1) is 10.6 Å². The number of hydrogen-bond acceptors (Lipinski definition) is 5. The molecular formula is C21H18N4O2S2. The van der Waals surface area contributed by atoms with Gasteiger partial charge in [0.2, 0.25) is 5.91 Å². The van der Waals surface area contributed by atoms with Gasteiger partial charge in [0.15, 0.2) is 4.96 Å². The van der Waals surface area contributed by atoms with E-state index in [1.54, 1.807) is 22.3 Å². The first kappa shape index (κ1) is 18.1. The van der Waals surface area contributed by atoms with Gasteiger partial charge < -0.3 is 10.2 Å².